The van der Waals surface area contributed by atoms with E-state index in [0.717, 1.165) is 17.6 Å². The van der Waals surface area contributed by atoms with Crippen LogP contribution in [0.4, 0.5) is 0 Å². The van der Waals surface area contributed by atoms with Gasteiger partial charge in [-0.05, 0) is 20.8 Å². The summed E-state index contributed by atoms with van der Waals surface area (Å²) in [7, 11) is 4.45. The highest BCUT2D eigenvalue weighted by Crippen LogP contribution is 1.96. The fourth-order valence-electron chi connectivity index (χ4n) is 0.694. The van der Waals surface area contributed by atoms with Gasteiger partial charge in [-0.1, -0.05) is 0 Å². The van der Waals surface area contributed by atoms with Crippen molar-refractivity contribution in [1.29, 1.82) is 0 Å². The standard InChI is InChI=1S/C9H22NO/c1-6-10(4,5)7-8-11-9(2)3/h9H,6-8H2,1-5H3/q+1. The Balaban J connectivity index is 3.38. The molecule has 2 heteroatoms. The van der Waals surface area contributed by atoms with Crippen LogP contribution in [0.2, 0.25) is 0 Å². The third-order valence-corrected chi connectivity index (χ3v) is 2.00. The van der Waals surface area contributed by atoms with Gasteiger partial charge in [0, 0.05) is 0 Å². The van der Waals surface area contributed by atoms with E-state index in [9.17, 15) is 0 Å². The molecule has 0 bridgehead atoms. The fourth-order valence-corrected chi connectivity index (χ4v) is 0.694. The molecule has 0 saturated carbocycles. The molecule has 0 atom stereocenters. The molecule has 2 nitrogen and oxygen atoms in total. The van der Waals surface area contributed by atoms with Crippen molar-refractivity contribution in [3.63, 3.8) is 0 Å². The van der Waals surface area contributed by atoms with Gasteiger partial charge in [-0.15, -0.1) is 0 Å². The van der Waals surface area contributed by atoms with Crippen LogP contribution in [0.3, 0.4) is 0 Å². The summed E-state index contributed by atoms with van der Waals surface area (Å²) in [6.07, 6.45) is 0.367. The lowest BCUT2D eigenvalue weighted by molar-refractivity contribution is -0.889. The number of rotatable bonds is 5. The predicted molar refractivity (Wildman–Crippen MR) is 48.6 cm³/mol. The van der Waals surface area contributed by atoms with Gasteiger partial charge in [0.25, 0.3) is 0 Å². The Morgan fingerprint density at radius 3 is 2.18 bits per heavy atom. The molecule has 11 heavy (non-hydrogen) atoms. The summed E-state index contributed by atoms with van der Waals surface area (Å²) >= 11 is 0. The Hall–Kier alpha value is -0.0800. The molecule has 0 aliphatic heterocycles. The molecular formula is C9H22NO+. The van der Waals surface area contributed by atoms with Crippen LogP contribution in [-0.4, -0.2) is 44.4 Å². The number of nitrogens with zero attached hydrogens (tertiary/aromatic N) is 1. The monoisotopic (exact) mass is 160 g/mol. The highest BCUT2D eigenvalue weighted by atomic mass is 16.5. The van der Waals surface area contributed by atoms with E-state index in [0.29, 0.717) is 6.10 Å². The van der Waals surface area contributed by atoms with Crippen LogP contribution in [0.1, 0.15) is 20.8 Å². The Bertz CT molecular complexity index is 99.7. The van der Waals surface area contributed by atoms with Crippen LogP contribution in [0, 0.1) is 0 Å². The molecule has 0 saturated heterocycles. The van der Waals surface area contributed by atoms with Crippen LogP contribution in [0.15, 0.2) is 0 Å². The van der Waals surface area contributed by atoms with Crippen molar-refractivity contribution >= 4 is 0 Å². The molecule has 0 aliphatic carbocycles. The molecule has 0 spiro atoms. The van der Waals surface area contributed by atoms with E-state index in [1.54, 1.807) is 0 Å². The van der Waals surface area contributed by atoms with Gasteiger partial charge in [0.2, 0.25) is 0 Å². The minimum absolute atomic E-state index is 0.367. The number of ether oxygens (including phenoxy) is 1. The van der Waals surface area contributed by atoms with Crippen molar-refractivity contribution in [2.75, 3.05) is 33.8 Å². The van der Waals surface area contributed by atoms with Gasteiger partial charge < -0.3 is 9.22 Å². The maximum atomic E-state index is 5.46. The van der Waals surface area contributed by atoms with E-state index in [1.807, 2.05) is 0 Å². The topological polar surface area (TPSA) is 9.23 Å². The summed E-state index contributed by atoms with van der Waals surface area (Å²) < 4.78 is 6.51. The highest BCUT2D eigenvalue weighted by Gasteiger charge is 2.10. The summed E-state index contributed by atoms with van der Waals surface area (Å²) in [5.41, 5.74) is 0. The molecule has 0 rings (SSSR count). The third kappa shape index (κ3) is 6.32. The Morgan fingerprint density at radius 1 is 1.27 bits per heavy atom. The minimum atomic E-state index is 0.367. The second-order valence-electron chi connectivity index (χ2n) is 3.90. The van der Waals surface area contributed by atoms with Crippen molar-refractivity contribution in [1.82, 2.24) is 0 Å². The zero-order chi connectivity index (χ0) is 8.91. The summed E-state index contributed by atoms with van der Waals surface area (Å²) in [4.78, 5) is 0. The van der Waals surface area contributed by atoms with Crippen molar-refractivity contribution in [3.05, 3.63) is 0 Å². The smallest absolute Gasteiger partial charge is 0.102 e. The van der Waals surface area contributed by atoms with Gasteiger partial charge in [-0.2, -0.15) is 0 Å². The number of hydrogen-bond acceptors (Lipinski definition) is 1. The van der Waals surface area contributed by atoms with Gasteiger partial charge in [0.05, 0.1) is 33.4 Å². The summed E-state index contributed by atoms with van der Waals surface area (Å²) in [5, 5.41) is 0. The Morgan fingerprint density at radius 2 is 1.82 bits per heavy atom. The van der Waals surface area contributed by atoms with E-state index in [1.165, 1.54) is 6.54 Å². The first kappa shape index (κ1) is 10.9. The van der Waals surface area contributed by atoms with Crippen LogP contribution in [-0.2, 0) is 4.74 Å². The molecule has 0 fully saturated rings. The first-order valence-corrected chi connectivity index (χ1v) is 4.41. The average Bonchev–Trinajstić information content (AvgIpc) is 1.87. The van der Waals surface area contributed by atoms with E-state index >= 15 is 0 Å². The maximum absolute atomic E-state index is 5.46. The van der Waals surface area contributed by atoms with Gasteiger partial charge in [-0.3, -0.25) is 0 Å². The SMILES string of the molecule is CC[N+](C)(C)CCOC(C)C. The first-order chi connectivity index (χ1) is 4.98. The number of likely N-dealkylation sites (N-methyl/N-ethyl adjacent to an activating group) is 1. The summed E-state index contributed by atoms with van der Waals surface area (Å²) in [6, 6.07) is 0. The van der Waals surface area contributed by atoms with Crippen LogP contribution >= 0.6 is 0 Å². The summed E-state index contributed by atoms with van der Waals surface area (Å²) in [6.45, 7) is 9.50. The quantitative estimate of drug-likeness (QED) is 0.554. The molecule has 0 aromatic rings. The number of quaternary nitrogens is 1. The van der Waals surface area contributed by atoms with Crippen LogP contribution < -0.4 is 0 Å². The molecule has 0 unspecified atom stereocenters. The largest absolute Gasteiger partial charge is 0.373 e. The Labute approximate surface area is 70.7 Å². The second-order valence-corrected chi connectivity index (χ2v) is 3.90. The molecule has 0 aromatic carbocycles. The molecule has 0 heterocycles. The predicted octanol–water partition coefficient (Wildman–Crippen LogP) is 1.51. The third-order valence-electron chi connectivity index (χ3n) is 2.00. The fraction of sp³-hybridized carbons (Fsp3) is 1.00. The van der Waals surface area contributed by atoms with E-state index < -0.39 is 0 Å². The second kappa shape index (κ2) is 4.73. The van der Waals surface area contributed by atoms with E-state index in [2.05, 4.69) is 34.9 Å². The molecule has 0 aliphatic rings. The van der Waals surface area contributed by atoms with Gasteiger partial charge in [-0.25, -0.2) is 0 Å². The van der Waals surface area contributed by atoms with Crippen molar-refractivity contribution < 1.29 is 9.22 Å². The van der Waals surface area contributed by atoms with Crippen LogP contribution in [0.5, 0.6) is 0 Å². The normalized spacial score (nSPS) is 12.5. The highest BCUT2D eigenvalue weighted by molar-refractivity contribution is 4.37. The molecule has 68 valence electrons. The van der Waals surface area contributed by atoms with Gasteiger partial charge in [0.15, 0.2) is 0 Å². The van der Waals surface area contributed by atoms with Gasteiger partial charge >= 0.3 is 0 Å². The molecule has 0 aromatic heterocycles. The Kier molecular flexibility index (Phi) is 4.69. The zero-order valence-electron chi connectivity index (χ0n) is 8.55. The first-order valence-electron chi connectivity index (χ1n) is 4.41. The van der Waals surface area contributed by atoms with Gasteiger partial charge in [0.1, 0.15) is 6.54 Å². The van der Waals surface area contributed by atoms with Crippen molar-refractivity contribution in [2.24, 2.45) is 0 Å². The minimum Gasteiger partial charge on any atom is -0.373 e. The average molecular weight is 160 g/mol. The van der Waals surface area contributed by atoms with Crippen molar-refractivity contribution in [2.45, 2.75) is 26.9 Å². The number of hydrogen-bond donors (Lipinski definition) is 0. The molecule has 0 radical (unpaired) electrons. The van der Waals surface area contributed by atoms with E-state index in [4.69, 9.17) is 4.74 Å². The lowest BCUT2D eigenvalue weighted by Gasteiger charge is -2.28. The lowest BCUT2D eigenvalue weighted by Crippen LogP contribution is -2.42. The van der Waals surface area contributed by atoms with E-state index in [-0.39, 0.29) is 0 Å². The maximum Gasteiger partial charge on any atom is 0.102 e. The molecular weight excluding hydrogens is 138 g/mol. The molecule has 0 N–H and O–H groups in total. The lowest BCUT2D eigenvalue weighted by atomic mass is 10.4. The molecule has 0 amide bonds. The zero-order valence-corrected chi connectivity index (χ0v) is 8.55. The van der Waals surface area contributed by atoms with Crippen LogP contribution in [0.25, 0.3) is 0 Å². The van der Waals surface area contributed by atoms with Crippen molar-refractivity contribution in [3.8, 4) is 0 Å². The summed E-state index contributed by atoms with van der Waals surface area (Å²) in [5.74, 6) is 0.